The normalized spacial score (nSPS) is 16.7. The lowest BCUT2D eigenvalue weighted by molar-refractivity contribution is -0.0498. The number of hydrogen-bond donors (Lipinski definition) is 2. The van der Waals surface area contributed by atoms with Crippen LogP contribution in [0.2, 0.25) is 0 Å². The minimum atomic E-state index is -2.80. The van der Waals surface area contributed by atoms with Gasteiger partial charge < -0.3 is 24.8 Å². The van der Waals surface area contributed by atoms with Crippen molar-refractivity contribution in [1.82, 2.24) is 25.4 Å². The van der Waals surface area contributed by atoms with Crippen molar-refractivity contribution in [2.24, 2.45) is 4.99 Å². The van der Waals surface area contributed by atoms with Gasteiger partial charge in [0.15, 0.2) is 5.96 Å². The summed E-state index contributed by atoms with van der Waals surface area (Å²) in [5, 5.41) is 14.5. The van der Waals surface area contributed by atoms with Crippen LogP contribution >= 0.6 is 24.0 Å². The molecule has 1 saturated heterocycles. The molecular formula is C20H30F2IN7O. The smallest absolute Gasteiger partial charge is 0.387 e. The van der Waals surface area contributed by atoms with Gasteiger partial charge in [0, 0.05) is 45.0 Å². The Bertz CT molecular complexity index is 774. The maximum atomic E-state index is 12.3. The highest BCUT2D eigenvalue weighted by molar-refractivity contribution is 14.0. The highest BCUT2D eigenvalue weighted by Crippen LogP contribution is 2.23. The Labute approximate surface area is 198 Å². The van der Waals surface area contributed by atoms with E-state index in [-0.39, 0.29) is 35.8 Å². The number of piperidine rings is 1. The van der Waals surface area contributed by atoms with E-state index in [4.69, 9.17) is 0 Å². The number of hydrogen-bond acceptors (Lipinski definition) is 5. The number of benzene rings is 1. The molecule has 0 spiro atoms. The second kappa shape index (κ2) is 13.3. The standard InChI is InChI=1S/C20H29F2N7O.HI/c1-23-20(24-10-2-3-11-28-14-25-26-15-28)27-16-5-4-12-29(13-16)17-6-8-18(9-7-17)30-19(21)22;/h6-9,14-16,19H,2-5,10-13H2,1H3,(H2,23,24,27);1H. The molecule has 172 valence electrons. The average Bonchev–Trinajstić information content (AvgIpc) is 3.26. The topological polar surface area (TPSA) is 79.6 Å². The lowest BCUT2D eigenvalue weighted by Gasteiger charge is -2.35. The number of rotatable bonds is 9. The molecule has 3 rings (SSSR count). The zero-order valence-corrected chi connectivity index (χ0v) is 19.9. The van der Waals surface area contributed by atoms with Gasteiger partial charge in [-0.15, -0.1) is 34.2 Å². The van der Waals surface area contributed by atoms with E-state index in [1.165, 1.54) is 0 Å². The molecule has 2 N–H and O–H groups in total. The molecule has 1 fully saturated rings. The highest BCUT2D eigenvalue weighted by atomic mass is 127. The number of anilines is 1. The maximum Gasteiger partial charge on any atom is 0.387 e. The predicted octanol–water partition coefficient (Wildman–Crippen LogP) is 3.11. The molecule has 0 radical (unpaired) electrons. The van der Waals surface area contributed by atoms with Gasteiger partial charge in [0.2, 0.25) is 0 Å². The molecule has 1 aromatic carbocycles. The van der Waals surface area contributed by atoms with E-state index in [1.54, 1.807) is 31.8 Å². The fourth-order valence-electron chi connectivity index (χ4n) is 3.52. The number of unbranched alkanes of at least 4 members (excludes halogenated alkanes) is 1. The Morgan fingerprint density at radius 2 is 1.97 bits per heavy atom. The zero-order valence-electron chi connectivity index (χ0n) is 17.6. The molecule has 2 heterocycles. The summed E-state index contributed by atoms with van der Waals surface area (Å²) in [6.45, 7) is 0.691. The molecule has 1 aliphatic heterocycles. The van der Waals surface area contributed by atoms with Crippen molar-refractivity contribution in [1.29, 1.82) is 0 Å². The van der Waals surface area contributed by atoms with Crippen LogP contribution in [0, 0.1) is 0 Å². The number of nitrogens with one attached hydrogen (secondary N) is 2. The molecule has 0 bridgehead atoms. The van der Waals surface area contributed by atoms with Crippen molar-refractivity contribution >= 4 is 35.6 Å². The van der Waals surface area contributed by atoms with Crippen molar-refractivity contribution in [3.05, 3.63) is 36.9 Å². The number of aromatic nitrogens is 3. The minimum Gasteiger partial charge on any atom is -0.435 e. The molecule has 0 aliphatic carbocycles. The van der Waals surface area contributed by atoms with Crippen molar-refractivity contribution in [2.75, 3.05) is 31.6 Å². The van der Waals surface area contributed by atoms with Crippen molar-refractivity contribution < 1.29 is 13.5 Å². The predicted molar refractivity (Wildman–Crippen MR) is 127 cm³/mol. The number of alkyl halides is 2. The molecule has 31 heavy (non-hydrogen) atoms. The molecule has 1 atom stereocenters. The van der Waals surface area contributed by atoms with Gasteiger partial charge in [0.25, 0.3) is 0 Å². The van der Waals surface area contributed by atoms with Crippen molar-refractivity contribution in [3.8, 4) is 5.75 Å². The third-order valence-electron chi connectivity index (χ3n) is 5.01. The van der Waals surface area contributed by atoms with E-state index in [0.717, 1.165) is 63.5 Å². The van der Waals surface area contributed by atoms with E-state index in [9.17, 15) is 8.78 Å². The van der Waals surface area contributed by atoms with E-state index < -0.39 is 6.61 Å². The summed E-state index contributed by atoms with van der Waals surface area (Å²) in [4.78, 5) is 6.58. The average molecular weight is 549 g/mol. The summed E-state index contributed by atoms with van der Waals surface area (Å²) in [5.74, 6) is 0.973. The first kappa shape index (κ1) is 25.1. The summed E-state index contributed by atoms with van der Waals surface area (Å²) >= 11 is 0. The summed E-state index contributed by atoms with van der Waals surface area (Å²) in [5.41, 5.74) is 1.00. The first-order valence-electron chi connectivity index (χ1n) is 10.2. The van der Waals surface area contributed by atoms with Crippen LogP contribution < -0.4 is 20.3 Å². The van der Waals surface area contributed by atoms with Crippen molar-refractivity contribution in [3.63, 3.8) is 0 Å². The van der Waals surface area contributed by atoms with Crippen LogP contribution in [-0.2, 0) is 6.54 Å². The molecule has 0 saturated carbocycles. The van der Waals surface area contributed by atoms with E-state index in [1.807, 2.05) is 16.7 Å². The van der Waals surface area contributed by atoms with Gasteiger partial charge in [-0.25, -0.2) is 0 Å². The third-order valence-corrected chi connectivity index (χ3v) is 5.01. The number of guanidine groups is 1. The Hall–Kier alpha value is -2.18. The largest absolute Gasteiger partial charge is 0.435 e. The SMILES string of the molecule is CN=C(NCCCCn1cnnc1)NC1CCCN(c2ccc(OC(F)F)cc2)C1.I. The molecule has 1 unspecified atom stereocenters. The van der Waals surface area contributed by atoms with Crippen molar-refractivity contribution in [2.45, 2.75) is 44.9 Å². The number of halogens is 3. The molecule has 0 amide bonds. The van der Waals surface area contributed by atoms with Crippen LogP contribution in [0.25, 0.3) is 0 Å². The molecule has 1 aliphatic rings. The quantitative estimate of drug-likeness (QED) is 0.217. The second-order valence-corrected chi connectivity index (χ2v) is 7.21. The van der Waals surface area contributed by atoms with Gasteiger partial charge in [0.05, 0.1) is 0 Å². The minimum absolute atomic E-state index is 0. The van der Waals surface area contributed by atoms with Crippen LogP contribution in [0.5, 0.6) is 5.75 Å². The molecular weight excluding hydrogens is 519 g/mol. The monoisotopic (exact) mass is 549 g/mol. The number of nitrogens with zero attached hydrogens (tertiary/aromatic N) is 5. The number of aryl methyl sites for hydroxylation is 1. The van der Waals surface area contributed by atoms with Gasteiger partial charge in [-0.05, 0) is 49.9 Å². The summed E-state index contributed by atoms with van der Waals surface area (Å²) < 4.78 is 31.0. The summed E-state index contributed by atoms with van der Waals surface area (Å²) in [7, 11) is 1.77. The second-order valence-electron chi connectivity index (χ2n) is 7.21. The third kappa shape index (κ3) is 8.46. The van der Waals surface area contributed by atoms with Crippen LogP contribution in [0.3, 0.4) is 0 Å². The Balaban J connectivity index is 0.00000341. The van der Waals surface area contributed by atoms with E-state index in [0.29, 0.717) is 0 Å². The zero-order chi connectivity index (χ0) is 21.2. The van der Waals surface area contributed by atoms with E-state index in [2.05, 4.69) is 35.5 Å². The first-order valence-corrected chi connectivity index (χ1v) is 10.2. The van der Waals surface area contributed by atoms with Crippen LogP contribution in [0.4, 0.5) is 14.5 Å². The van der Waals surface area contributed by atoms with Crippen LogP contribution in [-0.4, -0.2) is 60.1 Å². The fourth-order valence-corrected chi connectivity index (χ4v) is 3.52. The molecule has 1 aromatic heterocycles. The Morgan fingerprint density at radius 3 is 2.65 bits per heavy atom. The number of ether oxygens (including phenoxy) is 1. The molecule has 8 nitrogen and oxygen atoms in total. The van der Waals surface area contributed by atoms with Crippen LogP contribution in [0.15, 0.2) is 41.9 Å². The van der Waals surface area contributed by atoms with Crippen LogP contribution in [0.1, 0.15) is 25.7 Å². The molecule has 11 heteroatoms. The number of aliphatic imine (C=N–C) groups is 1. The first-order chi connectivity index (χ1) is 14.6. The van der Waals surface area contributed by atoms with Gasteiger partial charge in [-0.2, -0.15) is 8.78 Å². The van der Waals surface area contributed by atoms with E-state index >= 15 is 0 Å². The Kier molecular flexibility index (Phi) is 10.7. The van der Waals surface area contributed by atoms with Gasteiger partial charge in [0.1, 0.15) is 18.4 Å². The fraction of sp³-hybridized carbons (Fsp3) is 0.550. The Morgan fingerprint density at radius 1 is 1.23 bits per heavy atom. The van der Waals surface area contributed by atoms with Gasteiger partial charge in [-0.1, -0.05) is 0 Å². The summed E-state index contributed by atoms with van der Waals surface area (Å²) in [6, 6.07) is 7.07. The lowest BCUT2D eigenvalue weighted by Crippen LogP contribution is -2.51. The maximum absolute atomic E-state index is 12.3. The van der Waals surface area contributed by atoms with Gasteiger partial charge >= 0.3 is 6.61 Å². The highest BCUT2D eigenvalue weighted by Gasteiger charge is 2.21. The summed E-state index contributed by atoms with van der Waals surface area (Å²) in [6.07, 6.45) is 7.60. The lowest BCUT2D eigenvalue weighted by atomic mass is 10.0. The molecule has 2 aromatic rings. The van der Waals surface area contributed by atoms with Gasteiger partial charge in [-0.3, -0.25) is 4.99 Å².